The molecular weight excluding hydrogens is 86.1 g/mol. The van der Waals surface area contributed by atoms with Crippen molar-refractivity contribution in [2.45, 2.75) is 6.92 Å². The summed E-state index contributed by atoms with van der Waals surface area (Å²) in [6.07, 6.45) is 3.44. The lowest BCUT2D eigenvalue weighted by molar-refractivity contribution is -0.378. The molecule has 1 aromatic heterocycles. The highest BCUT2D eigenvalue weighted by Gasteiger charge is 1.79. The Kier molecular flexibility index (Phi) is 0.791. The first-order chi connectivity index (χ1) is 3.79. The monoisotopic (exact) mass is 96.1 g/mol. The molecule has 1 aromatic rings. The number of hydrogen-bond donors (Lipinski definition) is 0. The minimum atomic E-state index is 1.11. The lowest BCUT2D eigenvalue weighted by atomic mass is 10.3. The topological polar surface area (TPSA) is 14.1 Å². The van der Waals surface area contributed by atoms with E-state index in [4.69, 9.17) is 1.41 Å². The average Bonchev–Trinajstić information content (AvgIpc) is 1.64. The molecule has 1 heteroatoms. The highest BCUT2D eigenvalue weighted by Crippen LogP contribution is 1.84. The van der Waals surface area contributed by atoms with Crippen molar-refractivity contribution >= 4 is 0 Å². The molecule has 0 fully saturated rings. The molecule has 1 heterocycles. The normalized spacial score (nSPS) is 10.7. The van der Waals surface area contributed by atoms with E-state index in [0.717, 1.165) is 5.56 Å². The fourth-order valence-electron chi connectivity index (χ4n) is 0.448. The Morgan fingerprint density at radius 1 is 1.86 bits per heavy atom. The predicted octanol–water partition coefficient (Wildman–Crippen LogP) is 0.809. The molecule has 1 N–H and O–H groups in total. The number of aromatic nitrogens is 1. The van der Waals surface area contributed by atoms with Crippen LogP contribution in [0.1, 0.15) is 5.56 Å². The summed E-state index contributed by atoms with van der Waals surface area (Å²) in [5.74, 6) is 0. The van der Waals surface area contributed by atoms with Gasteiger partial charge in [0.25, 0.3) is 0 Å². The Morgan fingerprint density at radius 2 is 2.71 bits per heavy atom. The van der Waals surface area contributed by atoms with Gasteiger partial charge in [0.15, 0.2) is 12.4 Å². The second kappa shape index (κ2) is 1.73. The standard InChI is InChI=1S/C6H7N/c1-6-3-2-4-7-5-6/h2-5H,1H3/p+1/i/hT. The van der Waals surface area contributed by atoms with Crippen LogP contribution in [0.2, 0.25) is 1.41 Å². The van der Waals surface area contributed by atoms with Gasteiger partial charge in [0.1, 0.15) is 0 Å². The molecule has 0 atom stereocenters. The Bertz CT molecular complexity index is 168. The maximum Gasteiger partial charge on any atom is 0.453 e. The van der Waals surface area contributed by atoms with Crippen LogP contribution in [0.15, 0.2) is 24.5 Å². The molecular formula is C6H8N+. The number of hydrogen-bond acceptors (Lipinski definition) is 0. The second-order valence-electron chi connectivity index (χ2n) is 1.53. The fourth-order valence-corrected chi connectivity index (χ4v) is 0.448. The zero-order valence-corrected chi connectivity index (χ0v) is 4.26. The van der Waals surface area contributed by atoms with Crippen molar-refractivity contribution in [2.75, 3.05) is 0 Å². The number of H-pyrrole nitrogens is 1. The molecule has 0 amide bonds. The molecule has 0 aliphatic heterocycles. The maximum atomic E-state index is 7.05. The van der Waals surface area contributed by atoms with E-state index in [1.165, 1.54) is 4.98 Å². The van der Waals surface area contributed by atoms with Crippen LogP contribution in [-0.2, 0) is 0 Å². The first-order valence-corrected chi connectivity index (χ1v) is 2.26. The van der Waals surface area contributed by atoms with Gasteiger partial charge in [0, 0.05) is 11.6 Å². The van der Waals surface area contributed by atoms with Crippen LogP contribution in [0.5, 0.6) is 0 Å². The zero-order chi connectivity index (χ0) is 5.98. The van der Waals surface area contributed by atoms with Gasteiger partial charge in [-0.05, 0) is 13.0 Å². The van der Waals surface area contributed by atoms with Crippen molar-refractivity contribution in [3.8, 4) is 0 Å². The van der Waals surface area contributed by atoms with Gasteiger partial charge in [-0.15, -0.1) is 0 Å². The van der Waals surface area contributed by atoms with Gasteiger partial charge in [-0.2, -0.15) is 0 Å². The maximum absolute atomic E-state index is 7.05. The van der Waals surface area contributed by atoms with Gasteiger partial charge in [0.2, 0.25) is 0 Å². The molecule has 0 unspecified atom stereocenters. The first-order valence-electron chi connectivity index (χ1n) is 2.71. The quantitative estimate of drug-likeness (QED) is 0.454. The zero-order valence-electron chi connectivity index (χ0n) is 5.26. The minimum Gasteiger partial charge on any atom is -0.218 e. The lowest BCUT2D eigenvalue weighted by Crippen LogP contribution is -1.97. The van der Waals surface area contributed by atoms with Gasteiger partial charge in [-0.25, -0.2) is 4.98 Å². The van der Waals surface area contributed by atoms with Crippen LogP contribution in [0.25, 0.3) is 0 Å². The average molecular weight is 96.1 g/mol. The number of aryl methyl sites for hydroxylation is 1. The van der Waals surface area contributed by atoms with E-state index in [1.807, 2.05) is 19.1 Å². The van der Waals surface area contributed by atoms with Crippen LogP contribution >= 0.6 is 0 Å². The lowest BCUT2D eigenvalue weighted by Gasteiger charge is -1.76. The largest absolute Gasteiger partial charge is 0.453 e. The highest BCUT2D eigenvalue weighted by atomic mass is 14.6. The fraction of sp³-hybridized carbons (Fsp3) is 0.167. The molecule has 0 aromatic carbocycles. The van der Waals surface area contributed by atoms with Crippen molar-refractivity contribution in [1.82, 2.24) is 0 Å². The van der Waals surface area contributed by atoms with Crippen molar-refractivity contribution < 1.29 is 6.39 Å². The Hall–Kier alpha value is -0.850. The van der Waals surface area contributed by atoms with Gasteiger partial charge in [0.05, 0.1) is 0 Å². The molecule has 0 aliphatic rings. The SMILES string of the molecule is [3H][n+]1cccc(C)c1. The van der Waals surface area contributed by atoms with E-state index < -0.39 is 0 Å². The van der Waals surface area contributed by atoms with Gasteiger partial charge in [-0.1, -0.05) is 0 Å². The highest BCUT2D eigenvalue weighted by molar-refractivity contribution is 5.00. The second-order valence-corrected chi connectivity index (χ2v) is 1.53. The molecule has 36 valence electrons. The van der Waals surface area contributed by atoms with E-state index in [-0.39, 0.29) is 0 Å². The summed E-state index contributed by atoms with van der Waals surface area (Å²) in [7, 11) is 0. The van der Waals surface area contributed by atoms with Crippen LogP contribution in [0.4, 0.5) is 0 Å². The van der Waals surface area contributed by atoms with Crippen LogP contribution in [-0.4, -0.2) is 0 Å². The van der Waals surface area contributed by atoms with E-state index >= 15 is 0 Å². The smallest absolute Gasteiger partial charge is 0.218 e. The van der Waals surface area contributed by atoms with E-state index in [2.05, 4.69) is 0 Å². The van der Waals surface area contributed by atoms with E-state index in [1.54, 1.807) is 12.4 Å². The number of nitrogens with one attached hydrogen (secondary N) is 1. The van der Waals surface area contributed by atoms with E-state index in [9.17, 15) is 0 Å². The van der Waals surface area contributed by atoms with Crippen molar-refractivity contribution in [3.63, 3.8) is 0 Å². The van der Waals surface area contributed by atoms with Crippen LogP contribution in [0.3, 0.4) is 0 Å². The number of aromatic amines is 1. The molecule has 0 saturated heterocycles. The molecule has 1 nitrogen and oxygen atoms in total. The van der Waals surface area contributed by atoms with Gasteiger partial charge >= 0.3 is 1.41 Å². The summed E-state index contributed by atoms with van der Waals surface area (Å²) >= 11 is 0. The van der Waals surface area contributed by atoms with Crippen molar-refractivity contribution in [2.24, 2.45) is 0 Å². The first kappa shape index (κ1) is 3.19. The third-order valence-corrected chi connectivity index (χ3v) is 0.809. The predicted molar refractivity (Wildman–Crippen MR) is 27.7 cm³/mol. The molecule has 0 aliphatic carbocycles. The molecule has 0 saturated carbocycles. The minimum absolute atomic E-state index is 1.11. The van der Waals surface area contributed by atoms with Crippen LogP contribution < -0.4 is 4.98 Å². The van der Waals surface area contributed by atoms with Crippen LogP contribution in [0, 0.1) is 6.92 Å². The Balaban J connectivity index is 3.08. The number of rotatable bonds is 0. The van der Waals surface area contributed by atoms with E-state index in [0.29, 0.717) is 0 Å². The van der Waals surface area contributed by atoms with Crippen molar-refractivity contribution in [1.29, 1.82) is 0 Å². The Morgan fingerprint density at radius 3 is 3.14 bits per heavy atom. The summed E-state index contributed by atoms with van der Waals surface area (Å²) in [6.45, 7) is 1.96. The van der Waals surface area contributed by atoms with Gasteiger partial charge < -0.3 is 0 Å². The summed E-state index contributed by atoms with van der Waals surface area (Å²) < 4.78 is 7.05. The third-order valence-electron chi connectivity index (χ3n) is 0.809. The molecule has 0 radical (unpaired) electrons. The van der Waals surface area contributed by atoms with Crippen molar-refractivity contribution in [3.05, 3.63) is 30.1 Å². The molecule has 0 bridgehead atoms. The summed E-state index contributed by atoms with van der Waals surface area (Å²) in [5.41, 5.74) is 1.11. The molecule has 7 heavy (non-hydrogen) atoms. The summed E-state index contributed by atoms with van der Waals surface area (Å²) in [6, 6.07) is 3.81. The molecule has 0 spiro atoms. The third kappa shape index (κ3) is 1.000. The molecule has 1 rings (SSSR count). The summed E-state index contributed by atoms with van der Waals surface area (Å²) in [5, 5.41) is 0. The summed E-state index contributed by atoms with van der Waals surface area (Å²) in [4.78, 5) is 1.29. The van der Waals surface area contributed by atoms with Gasteiger partial charge in [-0.3, -0.25) is 0 Å². The Labute approximate surface area is 44.5 Å². The number of pyridine rings is 1.